The number of anilines is 1. The molecule has 1 fully saturated rings. The van der Waals surface area contributed by atoms with Crippen molar-refractivity contribution >= 4 is 17.4 Å². The van der Waals surface area contributed by atoms with Crippen LogP contribution in [0.5, 0.6) is 0 Å². The van der Waals surface area contributed by atoms with Crippen LogP contribution in [0, 0.1) is 5.92 Å². The molecule has 5 heteroatoms. The molecule has 0 aliphatic heterocycles. The molecule has 0 aromatic carbocycles. The van der Waals surface area contributed by atoms with Gasteiger partial charge in [-0.2, -0.15) is 0 Å². The molecule has 1 aliphatic rings. The van der Waals surface area contributed by atoms with Crippen molar-refractivity contribution in [2.45, 2.75) is 39.3 Å². The molecule has 0 saturated heterocycles. The first kappa shape index (κ1) is 16.5. The molecule has 1 aromatic heterocycles. The zero-order valence-electron chi connectivity index (χ0n) is 13.2. The van der Waals surface area contributed by atoms with Gasteiger partial charge in [0, 0.05) is 26.2 Å². The minimum Gasteiger partial charge on any atom is -0.383 e. The van der Waals surface area contributed by atoms with E-state index in [1.165, 1.54) is 12.8 Å². The SMILES string of the molecule is CCNCc1nc(N(CCOC)C(C)C2CC2)ccc1Cl. The van der Waals surface area contributed by atoms with Crippen LogP contribution >= 0.6 is 11.6 Å². The Morgan fingerprint density at radius 1 is 1.48 bits per heavy atom. The van der Waals surface area contributed by atoms with Crippen molar-refractivity contribution in [2.24, 2.45) is 5.92 Å². The molecule has 0 bridgehead atoms. The first-order valence-corrected chi connectivity index (χ1v) is 8.16. The minimum absolute atomic E-state index is 0.501. The Morgan fingerprint density at radius 3 is 2.86 bits per heavy atom. The third-order valence-electron chi connectivity index (χ3n) is 4.07. The lowest BCUT2D eigenvalue weighted by molar-refractivity contribution is 0.202. The summed E-state index contributed by atoms with van der Waals surface area (Å²) < 4.78 is 5.26. The molecule has 21 heavy (non-hydrogen) atoms. The number of rotatable bonds is 9. The molecule has 1 aliphatic carbocycles. The van der Waals surface area contributed by atoms with Crippen molar-refractivity contribution in [3.63, 3.8) is 0 Å². The number of ether oxygens (including phenoxy) is 1. The summed E-state index contributed by atoms with van der Waals surface area (Å²) >= 11 is 6.25. The summed E-state index contributed by atoms with van der Waals surface area (Å²) in [5, 5.41) is 4.02. The molecule has 1 aromatic rings. The van der Waals surface area contributed by atoms with Crippen LogP contribution in [0.3, 0.4) is 0 Å². The molecule has 0 amide bonds. The van der Waals surface area contributed by atoms with Crippen molar-refractivity contribution in [1.82, 2.24) is 10.3 Å². The maximum Gasteiger partial charge on any atom is 0.129 e. The van der Waals surface area contributed by atoms with Gasteiger partial charge in [0.1, 0.15) is 5.82 Å². The fourth-order valence-electron chi connectivity index (χ4n) is 2.55. The Morgan fingerprint density at radius 2 is 2.24 bits per heavy atom. The van der Waals surface area contributed by atoms with E-state index >= 15 is 0 Å². The molecule has 0 radical (unpaired) electrons. The van der Waals surface area contributed by atoms with Gasteiger partial charge in [-0.1, -0.05) is 18.5 Å². The molecule has 1 unspecified atom stereocenters. The highest BCUT2D eigenvalue weighted by Crippen LogP contribution is 2.36. The smallest absolute Gasteiger partial charge is 0.129 e. The maximum absolute atomic E-state index is 6.25. The third kappa shape index (κ3) is 4.56. The fourth-order valence-corrected chi connectivity index (χ4v) is 2.72. The second-order valence-electron chi connectivity index (χ2n) is 5.64. The summed E-state index contributed by atoms with van der Waals surface area (Å²) in [6.45, 7) is 7.56. The van der Waals surface area contributed by atoms with E-state index in [1.54, 1.807) is 7.11 Å². The van der Waals surface area contributed by atoms with Gasteiger partial charge in [0.15, 0.2) is 0 Å². The van der Waals surface area contributed by atoms with Crippen LogP contribution in [-0.4, -0.2) is 37.8 Å². The quantitative estimate of drug-likeness (QED) is 0.760. The lowest BCUT2D eigenvalue weighted by atomic mass is 10.1. The third-order valence-corrected chi connectivity index (χ3v) is 4.42. The maximum atomic E-state index is 6.25. The topological polar surface area (TPSA) is 37.4 Å². The summed E-state index contributed by atoms with van der Waals surface area (Å²) in [5.74, 6) is 1.79. The van der Waals surface area contributed by atoms with Crippen LogP contribution in [-0.2, 0) is 11.3 Å². The number of nitrogens with zero attached hydrogens (tertiary/aromatic N) is 2. The van der Waals surface area contributed by atoms with Crippen LogP contribution < -0.4 is 10.2 Å². The lowest BCUT2D eigenvalue weighted by Gasteiger charge is -2.30. The number of methoxy groups -OCH3 is 1. The molecule has 1 N–H and O–H groups in total. The summed E-state index contributed by atoms with van der Waals surface area (Å²) in [5.41, 5.74) is 0.918. The van der Waals surface area contributed by atoms with Gasteiger partial charge in [-0.25, -0.2) is 4.98 Å². The summed E-state index contributed by atoms with van der Waals surface area (Å²) in [6.07, 6.45) is 2.64. The highest BCUT2D eigenvalue weighted by Gasteiger charge is 2.32. The first-order chi connectivity index (χ1) is 10.2. The normalized spacial score (nSPS) is 16.0. The predicted octanol–water partition coefficient (Wildman–Crippen LogP) is 3.10. The molecular weight excluding hydrogens is 286 g/mol. The largest absolute Gasteiger partial charge is 0.383 e. The zero-order chi connectivity index (χ0) is 15.2. The average Bonchev–Trinajstić information content (AvgIpc) is 3.32. The van der Waals surface area contributed by atoms with Crippen molar-refractivity contribution in [3.05, 3.63) is 22.8 Å². The second-order valence-corrected chi connectivity index (χ2v) is 6.05. The second kappa shape index (κ2) is 7.97. The molecule has 118 valence electrons. The van der Waals surface area contributed by atoms with Gasteiger partial charge >= 0.3 is 0 Å². The Hall–Kier alpha value is -0.840. The molecule has 1 heterocycles. The van der Waals surface area contributed by atoms with Crippen LogP contribution in [0.2, 0.25) is 5.02 Å². The van der Waals surface area contributed by atoms with Crippen LogP contribution in [0.15, 0.2) is 12.1 Å². The van der Waals surface area contributed by atoms with E-state index in [2.05, 4.69) is 24.1 Å². The van der Waals surface area contributed by atoms with Crippen molar-refractivity contribution in [1.29, 1.82) is 0 Å². The number of pyridine rings is 1. The number of hydrogen-bond acceptors (Lipinski definition) is 4. The minimum atomic E-state index is 0.501. The van der Waals surface area contributed by atoms with E-state index in [0.717, 1.165) is 35.5 Å². The lowest BCUT2D eigenvalue weighted by Crippen LogP contribution is -2.38. The Labute approximate surface area is 132 Å². The van der Waals surface area contributed by atoms with Gasteiger partial charge in [0.25, 0.3) is 0 Å². The Balaban J connectivity index is 2.17. The first-order valence-electron chi connectivity index (χ1n) is 7.79. The van der Waals surface area contributed by atoms with E-state index in [0.29, 0.717) is 19.2 Å². The molecule has 1 atom stereocenters. The average molecular weight is 312 g/mol. The van der Waals surface area contributed by atoms with Gasteiger partial charge < -0.3 is 15.0 Å². The molecule has 1 saturated carbocycles. The predicted molar refractivity (Wildman–Crippen MR) is 88.0 cm³/mol. The molecule has 2 rings (SSSR count). The van der Waals surface area contributed by atoms with Crippen LogP contribution in [0.1, 0.15) is 32.4 Å². The van der Waals surface area contributed by atoms with Gasteiger partial charge in [-0.3, -0.25) is 0 Å². The fraction of sp³-hybridized carbons (Fsp3) is 0.688. The van der Waals surface area contributed by atoms with Crippen molar-refractivity contribution < 1.29 is 4.74 Å². The molecular formula is C16H26ClN3O. The van der Waals surface area contributed by atoms with Crippen LogP contribution in [0.25, 0.3) is 0 Å². The van der Waals surface area contributed by atoms with Crippen molar-refractivity contribution in [3.8, 4) is 0 Å². The van der Waals surface area contributed by atoms with Gasteiger partial charge in [0.05, 0.1) is 17.3 Å². The standard InChI is InChI=1S/C16H26ClN3O/c1-4-18-11-15-14(17)7-8-16(19-15)20(9-10-21-3)12(2)13-5-6-13/h7-8,12-13,18H,4-6,9-11H2,1-3H3. The summed E-state index contributed by atoms with van der Waals surface area (Å²) in [7, 11) is 1.74. The number of halogens is 1. The highest BCUT2D eigenvalue weighted by molar-refractivity contribution is 6.31. The van der Waals surface area contributed by atoms with Gasteiger partial charge in [-0.05, 0) is 44.4 Å². The van der Waals surface area contributed by atoms with Crippen molar-refractivity contribution in [2.75, 3.05) is 31.7 Å². The number of nitrogens with one attached hydrogen (secondary N) is 1. The van der Waals surface area contributed by atoms with E-state index in [9.17, 15) is 0 Å². The Kier molecular flexibility index (Phi) is 6.27. The summed E-state index contributed by atoms with van der Waals surface area (Å²) in [6, 6.07) is 4.48. The van der Waals surface area contributed by atoms with E-state index in [4.69, 9.17) is 21.3 Å². The number of aromatic nitrogens is 1. The molecule has 0 spiro atoms. The van der Waals surface area contributed by atoms with E-state index in [1.807, 2.05) is 12.1 Å². The van der Waals surface area contributed by atoms with E-state index < -0.39 is 0 Å². The highest BCUT2D eigenvalue weighted by atomic mass is 35.5. The number of hydrogen-bond donors (Lipinski definition) is 1. The van der Waals surface area contributed by atoms with Crippen LogP contribution in [0.4, 0.5) is 5.82 Å². The van der Waals surface area contributed by atoms with E-state index in [-0.39, 0.29) is 0 Å². The van der Waals surface area contributed by atoms with Gasteiger partial charge in [0.2, 0.25) is 0 Å². The molecule has 4 nitrogen and oxygen atoms in total. The Bertz CT molecular complexity index is 451. The monoisotopic (exact) mass is 311 g/mol. The summed E-state index contributed by atoms with van der Waals surface area (Å²) in [4.78, 5) is 7.12. The van der Waals surface area contributed by atoms with Gasteiger partial charge in [-0.15, -0.1) is 0 Å². The zero-order valence-corrected chi connectivity index (χ0v) is 14.0.